The quantitative estimate of drug-likeness (QED) is 0.253. The predicted octanol–water partition coefficient (Wildman–Crippen LogP) is 4.50. The van der Waals surface area contributed by atoms with Gasteiger partial charge in [0.2, 0.25) is 0 Å². The van der Waals surface area contributed by atoms with Crippen molar-refractivity contribution in [1.29, 1.82) is 0 Å². The zero-order valence-corrected chi connectivity index (χ0v) is 21.0. The molecule has 1 unspecified atom stereocenters. The third-order valence-electron chi connectivity index (χ3n) is 5.14. The first-order chi connectivity index (χ1) is 16.2. The standard InChI is InChI=1S/C26H38O8/c1-7-31-17-32-21-14-10-11-18(2)33-25(27)24-19(15-20(29-5)16-23(24)30-6)12-8-9-13-22(21)34-26(3,4)28/h8,10,12,14-16,18,21-22,28H,7,9,11,13,17H2,1-6H3/b12-8+,14-10-/t18-,21?,22-/m0/s1. The molecule has 2 rings (SSSR count). The molecule has 0 fully saturated rings. The van der Waals surface area contributed by atoms with Crippen molar-refractivity contribution in [3.05, 3.63) is 41.5 Å². The maximum atomic E-state index is 13.0. The summed E-state index contributed by atoms with van der Waals surface area (Å²) in [6, 6.07) is 3.43. The van der Waals surface area contributed by atoms with Crippen LogP contribution in [0.25, 0.3) is 6.08 Å². The summed E-state index contributed by atoms with van der Waals surface area (Å²) >= 11 is 0. The molecule has 0 radical (unpaired) electrons. The molecule has 0 spiro atoms. The van der Waals surface area contributed by atoms with Crippen molar-refractivity contribution in [2.45, 2.75) is 71.1 Å². The monoisotopic (exact) mass is 478 g/mol. The molecule has 190 valence electrons. The highest BCUT2D eigenvalue weighted by atomic mass is 16.7. The average Bonchev–Trinajstić information content (AvgIpc) is 2.78. The Morgan fingerprint density at radius 1 is 1.18 bits per heavy atom. The number of cyclic esters (lactones) is 1. The van der Waals surface area contributed by atoms with Crippen LogP contribution < -0.4 is 9.47 Å². The lowest BCUT2D eigenvalue weighted by atomic mass is 10.0. The number of aliphatic hydroxyl groups is 1. The summed E-state index contributed by atoms with van der Waals surface area (Å²) in [7, 11) is 3.06. The minimum Gasteiger partial charge on any atom is -0.497 e. The molecular weight excluding hydrogens is 440 g/mol. The minimum absolute atomic E-state index is 0.102. The molecule has 1 aromatic rings. The van der Waals surface area contributed by atoms with Crippen molar-refractivity contribution in [3.63, 3.8) is 0 Å². The van der Waals surface area contributed by atoms with Gasteiger partial charge in [0.15, 0.2) is 5.79 Å². The molecule has 34 heavy (non-hydrogen) atoms. The third-order valence-corrected chi connectivity index (χ3v) is 5.14. The van der Waals surface area contributed by atoms with Gasteiger partial charge < -0.3 is 33.5 Å². The van der Waals surface area contributed by atoms with E-state index in [-0.39, 0.29) is 6.79 Å². The summed E-state index contributed by atoms with van der Waals surface area (Å²) in [6.07, 6.45) is 7.90. The molecule has 0 amide bonds. The molecule has 1 aliphatic heterocycles. The Bertz CT molecular complexity index is 840. The number of esters is 1. The fraction of sp³-hybridized carbons (Fsp3) is 0.577. The molecule has 0 bridgehead atoms. The molecule has 1 aliphatic rings. The van der Waals surface area contributed by atoms with Gasteiger partial charge in [0.1, 0.15) is 36.1 Å². The van der Waals surface area contributed by atoms with E-state index in [1.54, 1.807) is 33.1 Å². The van der Waals surface area contributed by atoms with Crippen LogP contribution in [-0.4, -0.2) is 62.8 Å². The molecule has 8 nitrogen and oxygen atoms in total. The number of ether oxygens (including phenoxy) is 6. The van der Waals surface area contributed by atoms with Gasteiger partial charge in [-0.1, -0.05) is 24.3 Å². The Morgan fingerprint density at radius 3 is 2.59 bits per heavy atom. The van der Waals surface area contributed by atoms with Crippen molar-refractivity contribution in [1.82, 2.24) is 0 Å². The largest absolute Gasteiger partial charge is 0.497 e. The molecule has 1 N–H and O–H groups in total. The van der Waals surface area contributed by atoms with Gasteiger partial charge in [0.05, 0.1) is 20.3 Å². The second-order valence-electron chi connectivity index (χ2n) is 8.50. The summed E-state index contributed by atoms with van der Waals surface area (Å²) in [5, 5.41) is 10.3. The molecule has 0 saturated carbocycles. The first-order valence-electron chi connectivity index (χ1n) is 11.6. The molecule has 3 atom stereocenters. The number of fused-ring (bicyclic) bond motifs is 1. The number of methoxy groups -OCH3 is 2. The summed E-state index contributed by atoms with van der Waals surface area (Å²) < 4.78 is 33.7. The number of carbonyl (C=O) groups excluding carboxylic acids is 1. The zero-order chi connectivity index (χ0) is 25.1. The molecule has 0 saturated heterocycles. The van der Waals surface area contributed by atoms with Crippen LogP contribution in [0.2, 0.25) is 0 Å². The number of carbonyl (C=O) groups is 1. The smallest absolute Gasteiger partial charge is 0.342 e. The van der Waals surface area contributed by atoms with Crippen molar-refractivity contribution >= 4 is 12.0 Å². The van der Waals surface area contributed by atoms with E-state index in [9.17, 15) is 9.90 Å². The molecule has 8 heteroatoms. The van der Waals surface area contributed by atoms with Gasteiger partial charge in [-0.25, -0.2) is 4.79 Å². The van der Waals surface area contributed by atoms with Crippen LogP contribution in [0.4, 0.5) is 0 Å². The van der Waals surface area contributed by atoms with Crippen molar-refractivity contribution in [3.8, 4) is 11.5 Å². The number of allylic oxidation sites excluding steroid dienone is 1. The first-order valence-corrected chi connectivity index (χ1v) is 11.6. The van der Waals surface area contributed by atoms with Gasteiger partial charge in [0, 0.05) is 19.1 Å². The van der Waals surface area contributed by atoms with Crippen LogP contribution in [0, 0.1) is 0 Å². The SMILES string of the molecule is CCOCOC1/C=C\C[C@H](C)OC(=O)c2c(cc(OC)cc2OC)/C=C/CC[C@@H]1OC(C)(C)O. The number of rotatable bonds is 8. The molecule has 0 aromatic heterocycles. The number of hydrogen-bond donors (Lipinski definition) is 1. The lowest BCUT2D eigenvalue weighted by molar-refractivity contribution is -0.233. The van der Waals surface area contributed by atoms with Crippen LogP contribution >= 0.6 is 0 Å². The Labute approximate surface area is 202 Å². The maximum Gasteiger partial charge on any atom is 0.342 e. The van der Waals surface area contributed by atoms with Crippen LogP contribution in [0.5, 0.6) is 11.5 Å². The Hall–Kier alpha value is -2.39. The fourth-order valence-electron chi connectivity index (χ4n) is 3.56. The lowest BCUT2D eigenvalue weighted by Crippen LogP contribution is -2.38. The van der Waals surface area contributed by atoms with Crippen molar-refractivity contribution < 1.29 is 38.3 Å². The number of benzene rings is 1. The Balaban J connectivity index is 2.42. The van der Waals surface area contributed by atoms with Gasteiger partial charge in [0.25, 0.3) is 0 Å². The average molecular weight is 479 g/mol. The second kappa shape index (κ2) is 13.5. The van der Waals surface area contributed by atoms with Gasteiger partial charge in [-0.15, -0.1) is 0 Å². The Morgan fingerprint density at radius 2 is 1.94 bits per heavy atom. The predicted molar refractivity (Wildman–Crippen MR) is 129 cm³/mol. The van der Waals surface area contributed by atoms with E-state index in [4.69, 9.17) is 28.4 Å². The lowest BCUT2D eigenvalue weighted by Gasteiger charge is -2.31. The highest BCUT2D eigenvalue weighted by Gasteiger charge is 2.28. The third kappa shape index (κ3) is 8.76. The topological polar surface area (TPSA) is 92.7 Å². The summed E-state index contributed by atoms with van der Waals surface area (Å²) in [4.78, 5) is 13.0. The van der Waals surface area contributed by atoms with Crippen LogP contribution in [0.15, 0.2) is 30.4 Å². The van der Waals surface area contributed by atoms with Crippen LogP contribution in [0.1, 0.15) is 62.9 Å². The Kier molecular flexibility index (Phi) is 11.0. The zero-order valence-electron chi connectivity index (χ0n) is 21.0. The van der Waals surface area contributed by atoms with E-state index < -0.39 is 30.1 Å². The van der Waals surface area contributed by atoms with Gasteiger partial charge in [-0.2, -0.15) is 0 Å². The fourth-order valence-corrected chi connectivity index (χ4v) is 3.56. The van der Waals surface area contributed by atoms with E-state index in [0.717, 1.165) is 0 Å². The summed E-state index contributed by atoms with van der Waals surface area (Å²) in [6.45, 7) is 7.52. The van der Waals surface area contributed by atoms with Crippen LogP contribution in [-0.2, 0) is 18.9 Å². The van der Waals surface area contributed by atoms with E-state index in [0.29, 0.717) is 48.5 Å². The van der Waals surface area contributed by atoms with Crippen molar-refractivity contribution in [2.75, 3.05) is 27.6 Å². The maximum absolute atomic E-state index is 13.0. The first kappa shape index (κ1) is 27.9. The van der Waals surface area contributed by atoms with E-state index >= 15 is 0 Å². The van der Waals surface area contributed by atoms with Gasteiger partial charge in [-0.3, -0.25) is 0 Å². The van der Waals surface area contributed by atoms with Crippen molar-refractivity contribution in [2.24, 2.45) is 0 Å². The molecule has 1 heterocycles. The second-order valence-corrected chi connectivity index (χ2v) is 8.50. The summed E-state index contributed by atoms with van der Waals surface area (Å²) in [5.74, 6) is -0.856. The van der Waals surface area contributed by atoms with E-state index in [1.807, 2.05) is 38.2 Å². The highest BCUT2D eigenvalue weighted by Crippen LogP contribution is 2.31. The normalized spacial score (nSPS) is 23.9. The molecule has 0 aliphatic carbocycles. The molecule has 1 aromatic carbocycles. The minimum atomic E-state index is -1.34. The summed E-state index contributed by atoms with van der Waals surface area (Å²) in [5.41, 5.74) is 0.972. The van der Waals surface area contributed by atoms with E-state index in [2.05, 4.69) is 0 Å². The highest BCUT2D eigenvalue weighted by molar-refractivity contribution is 5.97. The van der Waals surface area contributed by atoms with Gasteiger partial charge in [-0.05, 0) is 52.2 Å². The number of hydrogen-bond acceptors (Lipinski definition) is 8. The van der Waals surface area contributed by atoms with E-state index in [1.165, 1.54) is 7.11 Å². The van der Waals surface area contributed by atoms with Crippen LogP contribution in [0.3, 0.4) is 0 Å². The molecular formula is C26H38O8. The van der Waals surface area contributed by atoms with Gasteiger partial charge >= 0.3 is 5.97 Å².